The normalized spacial score (nSPS) is 19.5. The second-order valence-corrected chi connectivity index (χ2v) is 7.67. The molecule has 0 aliphatic heterocycles. The van der Waals surface area contributed by atoms with Crippen molar-refractivity contribution in [1.29, 1.82) is 0 Å². The lowest BCUT2D eigenvalue weighted by Crippen LogP contribution is -2.49. The third kappa shape index (κ3) is 4.25. The van der Waals surface area contributed by atoms with Crippen LogP contribution in [0.2, 0.25) is 0 Å². The molecule has 0 radical (unpaired) electrons. The molecule has 3 atom stereocenters. The lowest BCUT2D eigenvalue weighted by molar-refractivity contribution is -0.280. The molecule has 0 aromatic heterocycles. The van der Waals surface area contributed by atoms with Crippen LogP contribution in [0.4, 0.5) is 39.5 Å². The molecular formula is C19H23F9O3. The smallest absolute Gasteiger partial charge is 0.395 e. The van der Waals surface area contributed by atoms with Gasteiger partial charge in [-0.05, 0) is 44.4 Å². The van der Waals surface area contributed by atoms with Crippen molar-refractivity contribution in [2.24, 2.45) is 0 Å². The van der Waals surface area contributed by atoms with Gasteiger partial charge in [-0.2, -0.15) is 39.5 Å². The molecule has 12 heteroatoms. The minimum absolute atomic E-state index is 0.339. The van der Waals surface area contributed by atoms with Crippen LogP contribution in [0.3, 0.4) is 0 Å². The van der Waals surface area contributed by atoms with Crippen LogP contribution in [0.25, 0.3) is 0 Å². The third-order valence-electron chi connectivity index (χ3n) is 5.80. The fraction of sp³-hybridized carbons (Fsp3) is 0.684. The first-order chi connectivity index (χ1) is 13.7. The highest BCUT2D eigenvalue weighted by Gasteiger charge is 2.61. The summed E-state index contributed by atoms with van der Waals surface area (Å²) in [5, 5.41) is 9.40. The summed E-state index contributed by atoms with van der Waals surface area (Å²) in [7, 11) is 1.20. The summed E-state index contributed by atoms with van der Waals surface area (Å²) in [5.41, 5.74) is -13.4. The van der Waals surface area contributed by atoms with Gasteiger partial charge in [0.25, 0.3) is 0 Å². The van der Waals surface area contributed by atoms with E-state index in [9.17, 15) is 44.6 Å². The molecule has 0 saturated carbocycles. The Morgan fingerprint density at radius 2 is 1.16 bits per heavy atom. The zero-order valence-corrected chi connectivity index (χ0v) is 17.5. The number of rotatable bonds is 6. The Morgan fingerprint density at radius 1 is 0.742 bits per heavy atom. The Kier molecular flexibility index (Phi) is 7.19. The average molecular weight is 470 g/mol. The fourth-order valence-corrected chi connectivity index (χ4v) is 3.20. The van der Waals surface area contributed by atoms with Crippen LogP contribution >= 0.6 is 0 Å². The molecule has 3 unspecified atom stereocenters. The Morgan fingerprint density at radius 3 is 1.45 bits per heavy atom. The molecule has 1 N–H and O–H groups in total. The van der Waals surface area contributed by atoms with Gasteiger partial charge in [0.1, 0.15) is 5.41 Å². The molecule has 0 aliphatic carbocycles. The Hall–Kier alpha value is -1.53. The summed E-state index contributed by atoms with van der Waals surface area (Å²) in [6.07, 6.45) is -15.7. The predicted molar refractivity (Wildman–Crippen MR) is 92.5 cm³/mol. The number of aliphatic hydroxyl groups is 1. The van der Waals surface area contributed by atoms with Gasteiger partial charge in [-0.3, -0.25) is 0 Å². The molecule has 31 heavy (non-hydrogen) atoms. The van der Waals surface area contributed by atoms with Gasteiger partial charge < -0.3 is 14.6 Å². The van der Waals surface area contributed by atoms with Crippen LogP contribution in [0.1, 0.15) is 43.0 Å². The van der Waals surface area contributed by atoms with Gasteiger partial charge >= 0.3 is 18.5 Å². The van der Waals surface area contributed by atoms with Gasteiger partial charge in [-0.1, -0.05) is 12.1 Å². The maximum absolute atomic E-state index is 13.9. The highest BCUT2D eigenvalue weighted by atomic mass is 19.4. The van der Waals surface area contributed by atoms with Crippen molar-refractivity contribution in [3.05, 3.63) is 34.4 Å². The number of benzene rings is 1. The minimum Gasteiger partial charge on any atom is -0.395 e. The number of hydrogen-bond acceptors (Lipinski definition) is 3. The summed E-state index contributed by atoms with van der Waals surface area (Å²) in [6.45, 7) is 0.796. The maximum atomic E-state index is 13.9. The van der Waals surface area contributed by atoms with E-state index in [2.05, 4.69) is 9.47 Å². The molecule has 1 aromatic rings. The van der Waals surface area contributed by atoms with Crippen molar-refractivity contribution in [3.63, 3.8) is 0 Å². The number of aryl methyl sites for hydroxylation is 1. The van der Waals surface area contributed by atoms with E-state index in [4.69, 9.17) is 0 Å². The molecule has 0 saturated heterocycles. The number of hydrogen-bond donors (Lipinski definition) is 1. The van der Waals surface area contributed by atoms with Gasteiger partial charge in [-0.15, -0.1) is 0 Å². The summed E-state index contributed by atoms with van der Waals surface area (Å²) < 4.78 is 133. The Labute approximate surface area is 173 Å². The third-order valence-corrected chi connectivity index (χ3v) is 5.80. The average Bonchev–Trinajstić information content (AvgIpc) is 2.62. The van der Waals surface area contributed by atoms with Crippen LogP contribution in [0, 0.1) is 6.92 Å². The zero-order valence-electron chi connectivity index (χ0n) is 17.5. The summed E-state index contributed by atoms with van der Waals surface area (Å²) in [6, 6.07) is 1.00. The van der Waals surface area contributed by atoms with Crippen molar-refractivity contribution < 1.29 is 54.1 Å². The first-order valence-electron chi connectivity index (χ1n) is 8.75. The molecule has 180 valence electrons. The predicted octanol–water partition coefficient (Wildman–Crippen LogP) is 5.66. The molecule has 0 amide bonds. The minimum atomic E-state index is -5.31. The van der Waals surface area contributed by atoms with Crippen LogP contribution in [-0.4, -0.2) is 44.5 Å². The molecule has 0 heterocycles. The molecule has 0 fully saturated rings. The number of alkyl halides is 9. The van der Waals surface area contributed by atoms with Gasteiger partial charge in [0, 0.05) is 19.8 Å². The van der Waals surface area contributed by atoms with E-state index in [1.807, 2.05) is 0 Å². The van der Waals surface area contributed by atoms with Crippen LogP contribution in [-0.2, 0) is 26.1 Å². The van der Waals surface area contributed by atoms with E-state index in [-0.39, 0.29) is 0 Å². The largest absolute Gasteiger partial charge is 0.421 e. The lowest BCUT2D eigenvalue weighted by atomic mass is 9.74. The van der Waals surface area contributed by atoms with Crippen molar-refractivity contribution in [3.8, 4) is 0 Å². The summed E-state index contributed by atoms with van der Waals surface area (Å²) >= 11 is 0. The number of halogens is 9. The lowest BCUT2D eigenvalue weighted by Gasteiger charge is -2.41. The maximum Gasteiger partial charge on any atom is 0.421 e. The molecular weight excluding hydrogens is 447 g/mol. The summed E-state index contributed by atoms with van der Waals surface area (Å²) in [4.78, 5) is 0. The van der Waals surface area contributed by atoms with Gasteiger partial charge in [0.2, 0.25) is 0 Å². The molecule has 1 rings (SSSR count). The second kappa shape index (κ2) is 8.11. The first kappa shape index (κ1) is 27.5. The van der Waals surface area contributed by atoms with Crippen LogP contribution < -0.4 is 0 Å². The van der Waals surface area contributed by atoms with E-state index >= 15 is 0 Å². The van der Waals surface area contributed by atoms with Crippen LogP contribution in [0.5, 0.6) is 0 Å². The van der Waals surface area contributed by atoms with Crippen molar-refractivity contribution in [2.75, 3.05) is 20.8 Å². The van der Waals surface area contributed by atoms with Gasteiger partial charge in [0.05, 0.1) is 6.61 Å². The molecule has 1 aromatic carbocycles. The molecule has 3 nitrogen and oxygen atoms in total. The van der Waals surface area contributed by atoms with E-state index in [0.29, 0.717) is 47.1 Å². The first-order valence-corrected chi connectivity index (χ1v) is 8.75. The van der Waals surface area contributed by atoms with E-state index in [1.54, 1.807) is 0 Å². The summed E-state index contributed by atoms with van der Waals surface area (Å²) in [5.74, 6) is 0. The SMILES string of the molecule is COC(C)(c1cc(C(C)(CO)C(F)(F)F)cc(C)c1C(C)(OC)C(F)(F)F)C(F)(F)F. The standard InChI is InChI=1S/C19H23F9O3/c1-10-7-11(14(2,9-29)17(20,21)22)8-12(15(3,30-5)18(23,24)25)13(10)16(4,31-6)19(26,27)28/h7-8,29H,9H2,1-6H3. The van der Waals surface area contributed by atoms with E-state index in [1.165, 1.54) is 0 Å². The van der Waals surface area contributed by atoms with Crippen molar-refractivity contribution in [1.82, 2.24) is 0 Å². The van der Waals surface area contributed by atoms with Crippen molar-refractivity contribution >= 4 is 0 Å². The van der Waals surface area contributed by atoms with Gasteiger partial charge in [-0.25, -0.2) is 0 Å². The highest BCUT2D eigenvalue weighted by molar-refractivity contribution is 5.49. The van der Waals surface area contributed by atoms with Crippen LogP contribution in [0.15, 0.2) is 12.1 Å². The second-order valence-electron chi connectivity index (χ2n) is 7.67. The number of methoxy groups -OCH3 is 2. The van der Waals surface area contributed by atoms with E-state index < -0.39 is 64.0 Å². The van der Waals surface area contributed by atoms with Crippen molar-refractivity contribution in [2.45, 2.75) is 62.8 Å². The Bertz CT molecular complexity index is 801. The zero-order chi connectivity index (χ0) is 24.8. The topological polar surface area (TPSA) is 38.7 Å². The molecule has 0 spiro atoms. The molecule has 0 aliphatic rings. The quantitative estimate of drug-likeness (QED) is 0.546. The number of ether oxygens (including phenoxy) is 2. The highest BCUT2D eigenvalue weighted by Crippen LogP contribution is 2.52. The monoisotopic (exact) mass is 470 g/mol. The van der Waals surface area contributed by atoms with E-state index in [0.717, 1.165) is 6.92 Å². The van der Waals surface area contributed by atoms with Gasteiger partial charge in [0.15, 0.2) is 11.2 Å². The Balaban J connectivity index is 4.26. The fourth-order valence-electron chi connectivity index (χ4n) is 3.20. The molecule has 0 bridgehead atoms. The number of aliphatic hydroxyl groups excluding tert-OH is 1.